The molecule has 0 spiro atoms. The van der Waals surface area contributed by atoms with E-state index in [0.29, 0.717) is 13.1 Å². The summed E-state index contributed by atoms with van der Waals surface area (Å²) in [5, 5.41) is 10.6. The molecule has 1 amide bonds. The van der Waals surface area contributed by atoms with Crippen molar-refractivity contribution < 1.29 is 14.7 Å². The highest BCUT2D eigenvalue weighted by Crippen LogP contribution is 2.25. The first-order valence-corrected chi connectivity index (χ1v) is 6.57. The van der Waals surface area contributed by atoms with Crippen LogP contribution >= 0.6 is 11.3 Å². The number of hydrogen-bond donors (Lipinski definition) is 1. The molecule has 1 aliphatic heterocycles. The van der Waals surface area contributed by atoms with E-state index < -0.39 is 5.97 Å². The van der Waals surface area contributed by atoms with Gasteiger partial charge in [0.05, 0.1) is 11.3 Å². The van der Waals surface area contributed by atoms with Crippen molar-refractivity contribution in [2.24, 2.45) is 5.92 Å². The molecule has 0 unspecified atom stereocenters. The molecule has 2 rings (SSSR count). The number of carbonyl (C=O) groups is 2. The molecule has 1 N–H and O–H groups in total. The SMILES string of the molecule is CCc1ccsc1C(=O)N1CC(CC(=O)O)C1. The van der Waals surface area contributed by atoms with Crippen molar-refractivity contribution in [1.29, 1.82) is 0 Å². The number of nitrogens with zero attached hydrogens (tertiary/aromatic N) is 1. The first-order chi connectivity index (χ1) is 8.11. The molecule has 1 aromatic rings. The Balaban J connectivity index is 1.93. The van der Waals surface area contributed by atoms with Gasteiger partial charge in [-0.1, -0.05) is 6.92 Å². The minimum absolute atomic E-state index is 0.0542. The Labute approximate surface area is 104 Å². The number of aryl methyl sites for hydroxylation is 1. The van der Waals surface area contributed by atoms with Gasteiger partial charge in [0, 0.05) is 19.0 Å². The third kappa shape index (κ3) is 2.49. The number of rotatable bonds is 4. The van der Waals surface area contributed by atoms with Crippen LogP contribution in [-0.2, 0) is 11.2 Å². The average Bonchev–Trinajstić information content (AvgIpc) is 2.69. The Morgan fingerprint density at radius 1 is 1.53 bits per heavy atom. The Bertz CT molecular complexity index is 435. The number of carboxylic acid groups (broad SMARTS) is 1. The molecule has 1 fully saturated rings. The summed E-state index contributed by atoms with van der Waals surface area (Å²) in [5.74, 6) is -0.604. The molecule has 0 aromatic carbocycles. The zero-order valence-corrected chi connectivity index (χ0v) is 10.5. The fraction of sp³-hybridized carbons (Fsp3) is 0.500. The van der Waals surface area contributed by atoms with E-state index in [1.165, 1.54) is 11.3 Å². The number of likely N-dealkylation sites (tertiary alicyclic amines) is 1. The molecule has 4 nitrogen and oxygen atoms in total. The first kappa shape index (κ1) is 12.1. The van der Waals surface area contributed by atoms with Gasteiger partial charge in [-0.3, -0.25) is 9.59 Å². The largest absolute Gasteiger partial charge is 0.481 e. The number of carboxylic acids is 1. The molecule has 92 valence electrons. The molecule has 0 saturated carbocycles. The molecule has 0 atom stereocenters. The molecule has 0 radical (unpaired) electrons. The van der Waals surface area contributed by atoms with Crippen LogP contribution in [0.5, 0.6) is 0 Å². The molecule has 5 heteroatoms. The van der Waals surface area contributed by atoms with Gasteiger partial charge in [0.25, 0.3) is 5.91 Å². The molecular weight excluding hydrogens is 238 g/mol. The summed E-state index contributed by atoms with van der Waals surface area (Å²) in [4.78, 5) is 25.1. The second-order valence-electron chi connectivity index (χ2n) is 4.30. The van der Waals surface area contributed by atoms with Gasteiger partial charge in [-0.2, -0.15) is 0 Å². The van der Waals surface area contributed by atoms with Crippen LogP contribution in [0.1, 0.15) is 28.6 Å². The lowest BCUT2D eigenvalue weighted by molar-refractivity contribution is -0.139. The smallest absolute Gasteiger partial charge is 0.303 e. The molecular formula is C12H15NO3S. The van der Waals surface area contributed by atoms with E-state index in [0.717, 1.165) is 16.9 Å². The van der Waals surface area contributed by atoms with Crippen molar-refractivity contribution in [3.05, 3.63) is 21.9 Å². The molecule has 17 heavy (non-hydrogen) atoms. The highest BCUT2D eigenvalue weighted by atomic mass is 32.1. The predicted molar refractivity (Wildman–Crippen MR) is 65.3 cm³/mol. The summed E-state index contributed by atoms with van der Waals surface area (Å²) in [6.07, 6.45) is 1.02. The zero-order chi connectivity index (χ0) is 12.4. The van der Waals surface area contributed by atoms with Crippen molar-refractivity contribution in [1.82, 2.24) is 4.90 Å². The van der Waals surface area contributed by atoms with Crippen LogP contribution in [0.3, 0.4) is 0 Å². The third-order valence-corrected chi connectivity index (χ3v) is 3.97. The minimum atomic E-state index is -0.785. The van der Waals surface area contributed by atoms with Crippen LogP contribution in [0, 0.1) is 5.92 Å². The fourth-order valence-corrected chi connectivity index (χ4v) is 3.02. The second-order valence-corrected chi connectivity index (χ2v) is 5.22. The van der Waals surface area contributed by atoms with Gasteiger partial charge in [0.15, 0.2) is 0 Å². The quantitative estimate of drug-likeness (QED) is 0.891. The normalized spacial score (nSPS) is 15.7. The lowest BCUT2D eigenvalue weighted by Crippen LogP contribution is -2.50. The zero-order valence-electron chi connectivity index (χ0n) is 9.68. The van der Waals surface area contributed by atoms with E-state index >= 15 is 0 Å². The third-order valence-electron chi connectivity index (χ3n) is 3.03. The van der Waals surface area contributed by atoms with Gasteiger partial charge in [0.2, 0.25) is 0 Å². The Morgan fingerprint density at radius 2 is 2.24 bits per heavy atom. The van der Waals surface area contributed by atoms with Gasteiger partial charge in [-0.05, 0) is 23.4 Å². The first-order valence-electron chi connectivity index (χ1n) is 5.69. The second kappa shape index (κ2) is 4.87. The van der Waals surface area contributed by atoms with Crippen LogP contribution in [-0.4, -0.2) is 35.0 Å². The van der Waals surface area contributed by atoms with Gasteiger partial charge < -0.3 is 10.0 Å². The Hall–Kier alpha value is -1.36. The maximum Gasteiger partial charge on any atom is 0.303 e. The summed E-state index contributed by atoms with van der Waals surface area (Å²) < 4.78 is 0. The summed E-state index contributed by atoms with van der Waals surface area (Å²) in [7, 11) is 0. The molecule has 0 bridgehead atoms. The summed E-state index contributed by atoms with van der Waals surface area (Å²) >= 11 is 1.47. The lowest BCUT2D eigenvalue weighted by atomic mass is 9.96. The van der Waals surface area contributed by atoms with Crippen LogP contribution in [0.4, 0.5) is 0 Å². The number of thiophene rings is 1. The Morgan fingerprint density at radius 3 is 2.82 bits per heavy atom. The van der Waals surface area contributed by atoms with Gasteiger partial charge >= 0.3 is 5.97 Å². The van der Waals surface area contributed by atoms with Crippen LogP contribution in [0.25, 0.3) is 0 Å². The van der Waals surface area contributed by atoms with Crippen molar-refractivity contribution in [3.8, 4) is 0 Å². The number of hydrogen-bond acceptors (Lipinski definition) is 3. The van der Waals surface area contributed by atoms with Gasteiger partial charge in [0.1, 0.15) is 0 Å². The Kier molecular flexibility index (Phi) is 3.47. The van der Waals surface area contributed by atoms with E-state index in [-0.39, 0.29) is 18.2 Å². The van der Waals surface area contributed by atoms with Crippen LogP contribution in [0.2, 0.25) is 0 Å². The minimum Gasteiger partial charge on any atom is -0.481 e. The maximum absolute atomic E-state index is 12.1. The van der Waals surface area contributed by atoms with Crippen molar-refractivity contribution in [3.63, 3.8) is 0 Å². The number of amides is 1. The fourth-order valence-electron chi connectivity index (χ4n) is 2.06. The monoisotopic (exact) mass is 253 g/mol. The van der Waals surface area contributed by atoms with Gasteiger partial charge in [-0.25, -0.2) is 0 Å². The molecule has 1 aromatic heterocycles. The maximum atomic E-state index is 12.1. The van der Waals surface area contributed by atoms with Crippen molar-refractivity contribution in [2.45, 2.75) is 19.8 Å². The van der Waals surface area contributed by atoms with Crippen LogP contribution < -0.4 is 0 Å². The summed E-state index contributed by atoms with van der Waals surface area (Å²) in [6.45, 7) is 3.18. The average molecular weight is 253 g/mol. The van der Waals surface area contributed by atoms with E-state index in [9.17, 15) is 9.59 Å². The molecule has 0 aliphatic carbocycles. The van der Waals surface area contributed by atoms with Crippen molar-refractivity contribution in [2.75, 3.05) is 13.1 Å². The number of carbonyl (C=O) groups excluding carboxylic acids is 1. The molecule has 2 heterocycles. The summed E-state index contributed by atoms with van der Waals surface area (Å²) in [6, 6.07) is 1.98. The van der Waals surface area contributed by atoms with E-state index in [2.05, 4.69) is 0 Å². The van der Waals surface area contributed by atoms with Crippen molar-refractivity contribution >= 4 is 23.2 Å². The van der Waals surface area contributed by atoms with E-state index in [1.54, 1.807) is 4.90 Å². The molecule has 1 aliphatic rings. The lowest BCUT2D eigenvalue weighted by Gasteiger charge is -2.38. The van der Waals surface area contributed by atoms with Crippen LogP contribution in [0.15, 0.2) is 11.4 Å². The van der Waals surface area contributed by atoms with Gasteiger partial charge in [-0.15, -0.1) is 11.3 Å². The molecule has 1 saturated heterocycles. The summed E-state index contributed by atoms with van der Waals surface area (Å²) in [5.41, 5.74) is 1.08. The topological polar surface area (TPSA) is 57.6 Å². The van der Waals surface area contributed by atoms with E-state index in [4.69, 9.17) is 5.11 Å². The standard InChI is InChI=1S/C12H15NO3S/c1-2-9-3-4-17-11(9)12(16)13-6-8(7-13)5-10(14)15/h3-4,8H,2,5-7H2,1H3,(H,14,15). The number of aliphatic carboxylic acids is 1. The highest BCUT2D eigenvalue weighted by molar-refractivity contribution is 7.12. The highest BCUT2D eigenvalue weighted by Gasteiger charge is 2.33. The van der Waals surface area contributed by atoms with E-state index in [1.807, 2.05) is 18.4 Å². The predicted octanol–water partition coefficient (Wildman–Crippen LogP) is 1.86.